The van der Waals surface area contributed by atoms with Gasteiger partial charge in [-0.25, -0.2) is 4.79 Å². The molecule has 0 aliphatic carbocycles. The van der Waals surface area contributed by atoms with Gasteiger partial charge in [0.15, 0.2) is 0 Å². The summed E-state index contributed by atoms with van der Waals surface area (Å²) < 4.78 is 0. The van der Waals surface area contributed by atoms with Crippen molar-refractivity contribution in [2.45, 2.75) is 50.6 Å². The first kappa shape index (κ1) is 14.7. The van der Waals surface area contributed by atoms with Crippen LogP contribution in [0.2, 0.25) is 0 Å². The topological polar surface area (TPSA) is 78.4 Å². The standard InChI is InChI=1S/C13H22N2O3/c1-2-5-11(13(17)18)15-12(16)8-7-10-6-3-4-9-14-10/h2,10-11,14H,1,3-9H2,(H,15,16)(H,17,18). The SMILES string of the molecule is C=CCC(NC(=O)CCC1CCCCN1)C(=O)O. The van der Waals surface area contributed by atoms with Gasteiger partial charge < -0.3 is 15.7 Å². The molecule has 0 aromatic carbocycles. The highest BCUT2D eigenvalue weighted by molar-refractivity contribution is 5.83. The first-order valence-electron chi connectivity index (χ1n) is 6.50. The van der Waals surface area contributed by atoms with Crippen molar-refractivity contribution in [3.8, 4) is 0 Å². The van der Waals surface area contributed by atoms with E-state index in [1.54, 1.807) is 0 Å². The summed E-state index contributed by atoms with van der Waals surface area (Å²) in [6.07, 6.45) is 6.40. The summed E-state index contributed by atoms with van der Waals surface area (Å²) in [7, 11) is 0. The number of carboxylic acids is 1. The molecule has 102 valence electrons. The van der Waals surface area contributed by atoms with E-state index in [2.05, 4.69) is 17.2 Å². The molecule has 2 unspecified atom stereocenters. The molecule has 1 amide bonds. The molecule has 2 atom stereocenters. The van der Waals surface area contributed by atoms with Gasteiger partial charge in [-0.1, -0.05) is 12.5 Å². The third-order valence-corrected chi connectivity index (χ3v) is 3.17. The molecule has 5 nitrogen and oxygen atoms in total. The van der Waals surface area contributed by atoms with Gasteiger partial charge >= 0.3 is 5.97 Å². The van der Waals surface area contributed by atoms with E-state index in [4.69, 9.17) is 5.11 Å². The Bertz CT molecular complexity index is 299. The van der Waals surface area contributed by atoms with Gasteiger partial charge in [0.25, 0.3) is 0 Å². The molecule has 1 saturated heterocycles. The van der Waals surface area contributed by atoms with Crippen LogP contribution in [0.3, 0.4) is 0 Å². The predicted molar refractivity (Wildman–Crippen MR) is 69.3 cm³/mol. The predicted octanol–water partition coefficient (Wildman–Crippen LogP) is 1.05. The minimum Gasteiger partial charge on any atom is -0.480 e. The normalized spacial score (nSPS) is 21.0. The number of carboxylic acid groups (broad SMARTS) is 1. The molecule has 0 aromatic heterocycles. The van der Waals surface area contributed by atoms with Gasteiger partial charge in [0.2, 0.25) is 5.91 Å². The Kier molecular flexibility index (Phi) is 6.43. The summed E-state index contributed by atoms with van der Waals surface area (Å²) in [5.41, 5.74) is 0. The number of carbonyl (C=O) groups excluding carboxylic acids is 1. The van der Waals surface area contributed by atoms with Crippen LogP contribution in [0.25, 0.3) is 0 Å². The van der Waals surface area contributed by atoms with Crippen LogP contribution >= 0.6 is 0 Å². The summed E-state index contributed by atoms with van der Waals surface area (Å²) in [4.78, 5) is 22.5. The van der Waals surface area contributed by atoms with Gasteiger partial charge in [-0.05, 0) is 32.2 Å². The van der Waals surface area contributed by atoms with E-state index in [0.717, 1.165) is 19.4 Å². The van der Waals surface area contributed by atoms with E-state index in [9.17, 15) is 9.59 Å². The second kappa shape index (κ2) is 7.87. The molecule has 0 spiro atoms. The number of hydrogen-bond acceptors (Lipinski definition) is 3. The van der Waals surface area contributed by atoms with Crippen molar-refractivity contribution in [3.63, 3.8) is 0 Å². The maximum atomic E-state index is 11.6. The molecular formula is C13H22N2O3. The van der Waals surface area contributed by atoms with Gasteiger partial charge in [0.1, 0.15) is 6.04 Å². The third-order valence-electron chi connectivity index (χ3n) is 3.17. The minimum absolute atomic E-state index is 0.198. The fourth-order valence-corrected chi connectivity index (χ4v) is 2.13. The summed E-state index contributed by atoms with van der Waals surface area (Å²) in [6, 6.07) is -0.457. The van der Waals surface area contributed by atoms with Crippen LogP contribution in [-0.4, -0.2) is 35.6 Å². The molecule has 1 heterocycles. The molecule has 1 rings (SSSR count). The summed E-state index contributed by atoms with van der Waals surface area (Å²) in [5, 5.41) is 14.8. The Hall–Kier alpha value is -1.36. The molecule has 3 N–H and O–H groups in total. The smallest absolute Gasteiger partial charge is 0.326 e. The van der Waals surface area contributed by atoms with E-state index in [-0.39, 0.29) is 12.3 Å². The minimum atomic E-state index is -1.01. The van der Waals surface area contributed by atoms with Gasteiger partial charge in [-0.15, -0.1) is 6.58 Å². The van der Waals surface area contributed by atoms with Crippen LogP contribution in [0, 0.1) is 0 Å². The number of piperidine rings is 1. The van der Waals surface area contributed by atoms with Crippen LogP contribution < -0.4 is 10.6 Å². The molecule has 1 aliphatic rings. The quantitative estimate of drug-likeness (QED) is 0.593. The van der Waals surface area contributed by atoms with E-state index in [1.165, 1.54) is 18.9 Å². The number of hydrogen-bond donors (Lipinski definition) is 3. The van der Waals surface area contributed by atoms with Crippen LogP contribution in [0.4, 0.5) is 0 Å². The highest BCUT2D eigenvalue weighted by Crippen LogP contribution is 2.11. The lowest BCUT2D eigenvalue weighted by atomic mass is 10.0. The largest absolute Gasteiger partial charge is 0.480 e. The lowest BCUT2D eigenvalue weighted by molar-refractivity contribution is -0.141. The average molecular weight is 254 g/mol. The summed E-state index contributed by atoms with van der Waals surface area (Å²) >= 11 is 0. The monoisotopic (exact) mass is 254 g/mol. The van der Waals surface area contributed by atoms with Crippen LogP contribution in [-0.2, 0) is 9.59 Å². The van der Waals surface area contributed by atoms with Gasteiger partial charge in [-0.3, -0.25) is 4.79 Å². The molecular weight excluding hydrogens is 232 g/mol. The van der Waals surface area contributed by atoms with E-state index in [0.29, 0.717) is 12.5 Å². The molecule has 0 radical (unpaired) electrons. The molecule has 0 saturated carbocycles. The second-order valence-electron chi connectivity index (χ2n) is 4.67. The molecule has 18 heavy (non-hydrogen) atoms. The maximum absolute atomic E-state index is 11.6. The Morgan fingerprint density at radius 3 is 2.83 bits per heavy atom. The Morgan fingerprint density at radius 1 is 1.50 bits per heavy atom. The zero-order valence-electron chi connectivity index (χ0n) is 10.7. The van der Waals surface area contributed by atoms with Crippen LogP contribution in [0.1, 0.15) is 38.5 Å². The van der Waals surface area contributed by atoms with Crippen molar-refractivity contribution < 1.29 is 14.7 Å². The summed E-state index contributed by atoms with van der Waals surface area (Å²) in [5.74, 6) is -1.21. The molecule has 0 aromatic rings. The lowest BCUT2D eigenvalue weighted by Gasteiger charge is -2.23. The fourth-order valence-electron chi connectivity index (χ4n) is 2.13. The molecule has 5 heteroatoms. The van der Waals surface area contributed by atoms with Gasteiger partial charge in [0.05, 0.1) is 0 Å². The fraction of sp³-hybridized carbons (Fsp3) is 0.692. The van der Waals surface area contributed by atoms with Crippen molar-refractivity contribution >= 4 is 11.9 Å². The van der Waals surface area contributed by atoms with E-state index >= 15 is 0 Å². The van der Waals surface area contributed by atoms with Gasteiger partial charge in [0, 0.05) is 12.5 Å². The van der Waals surface area contributed by atoms with Crippen molar-refractivity contribution in [2.24, 2.45) is 0 Å². The molecule has 0 bridgehead atoms. The van der Waals surface area contributed by atoms with Crippen molar-refractivity contribution in [2.75, 3.05) is 6.54 Å². The van der Waals surface area contributed by atoms with Crippen LogP contribution in [0.5, 0.6) is 0 Å². The number of rotatable bonds is 7. The first-order chi connectivity index (χ1) is 8.63. The van der Waals surface area contributed by atoms with Crippen LogP contribution in [0.15, 0.2) is 12.7 Å². The number of amides is 1. The van der Waals surface area contributed by atoms with Crippen molar-refractivity contribution in [1.82, 2.24) is 10.6 Å². The maximum Gasteiger partial charge on any atom is 0.326 e. The van der Waals surface area contributed by atoms with E-state index < -0.39 is 12.0 Å². The highest BCUT2D eigenvalue weighted by atomic mass is 16.4. The number of aliphatic carboxylic acids is 1. The second-order valence-corrected chi connectivity index (χ2v) is 4.67. The summed E-state index contributed by atoms with van der Waals surface area (Å²) in [6.45, 7) is 4.50. The van der Waals surface area contributed by atoms with Crippen molar-refractivity contribution in [3.05, 3.63) is 12.7 Å². The van der Waals surface area contributed by atoms with E-state index in [1.807, 2.05) is 0 Å². The Labute approximate surface area is 108 Å². The van der Waals surface area contributed by atoms with Crippen molar-refractivity contribution in [1.29, 1.82) is 0 Å². The molecule has 1 aliphatic heterocycles. The highest BCUT2D eigenvalue weighted by Gasteiger charge is 2.19. The zero-order chi connectivity index (χ0) is 13.4. The number of carbonyl (C=O) groups is 2. The molecule has 1 fully saturated rings. The Balaban J connectivity index is 2.26. The Morgan fingerprint density at radius 2 is 2.28 bits per heavy atom. The average Bonchev–Trinajstić information content (AvgIpc) is 2.37. The third kappa shape index (κ3) is 5.31. The lowest BCUT2D eigenvalue weighted by Crippen LogP contribution is -2.41. The zero-order valence-corrected chi connectivity index (χ0v) is 10.7. The number of nitrogens with one attached hydrogen (secondary N) is 2. The first-order valence-corrected chi connectivity index (χ1v) is 6.50. The van der Waals surface area contributed by atoms with Gasteiger partial charge in [-0.2, -0.15) is 0 Å².